The lowest BCUT2D eigenvalue weighted by Crippen LogP contribution is -2.31. The first kappa shape index (κ1) is 14.1. The summed E-state index contributed by atoms with van der Waals surface area (Å²) in [6.45, 7) is 0. The predicted octanol–water partition coefficient (Wildman–Crippen LogP) is 4.31. The van der Waals surface area contributed by atoms with E-state index in [0.29, 0.717) is 5.56 Å². The highest BCUT2D eigenvalue weighted by atomic mass is 19.4. The lowest BCUT2D eigenvalue weighted by atomic mass is 9.71. The number of halogens is 3. The number of rotatable bonds is 3. The van der Waals surface area contributed by atoms with Crippen molar-refractivity contribution in [3.05, 3.63) is 70.8 Å². The Labute approximate surface area is 121 Å². The quantitative estimate of drug-likeness (QED) is 0.888. The zero-order valence-corrected chi connectivity index (χ0v) is 11.6. The summed E-state index contributed by atoms with van der Waals surface area (Å²) in [4.78, 5) is 0. The Morgan fingerprint density at radius 1 is 1.10 bits per heavy atom. The molecule has 0 saturated heterocycles. The minimum Gasteiger partial charge on any atom is -0.312 e. The summed E-state index contributed by atoms with van der Waals surface area (Å²) in [5.41, 5.74) is 2.61. The molecule has 0 spiro atoms. The van der Waals surface area contributed by atoms with Crippen molar-refractivity contribution in [3.8, 4) is 0 Å². The van der Waals surface area contributed by atoms with E-state index in [0.717, 1.165) is 12.5 Å². The van der Waals surface area contributed by atoms with Crippen molar-refractivity contribution in [3.63, 3.8) is 0 Å². The van der Waals surface area contributed by atoms with Crippen molar-refractivity contribution in [2.45, 2.75) is 24.6 Å². The molecule has 0 bridgehead atoms. The van der Waals surface area contributed by atoms with Crippen LogP contribution in [0.25, 0.3) is 0 Å². The van der Waals surface area contributed by atoms with Crippen molar-refractivity contribution in [2.24, 2.45) is 0 Å². The van der Waals surface area contributed by atoms with Crippen LogP contribution in [0.5, 0.6) is 0 Å². The lowest BCUT2D eigenvalue weighted by molar-refractivity contribution is -0.137. The van der Waals surface area contributed by atoms with Gasteiger partial charge in [-0.1, -0.05) is 36.4 Å². The second-order valence-electron chi connectivity index (χ2n) is 5.40. The number of fused-ring (bicyclic) bond motifs is 1. The first-order valence-corrected chi connectivity index (χ1v) is 6.93. The minimum atomic E-state index is -4.30. The van der Waals surface area contributed by atoms with Gasteiger partial charge in [0.1, 0.15) is 0 Å². The van der Waals surface area contributed by atoms with E-state index in [9.17, 15) is 13.2 Å². The number of nitrogens with one attached hydrogen (secondary N) is 1. The van der Waals surface area contributed by atoms with Crippen LogP contribution in [0.3, 0.4) is 0 Å². The highest BCUT2D eigenvalue weighted by Gasteiger charge is 2.35. The third-order valence-electron chi connectivity index (χ3n) is 4.18. The second-order valence-corrected chi connectivity index (χ2v) is 5.40. The van der Waals surface area contributed by atoms with Crippen LogP contribution in [0, 0.1) is 0 Å². The molecule has 3 rings (SSSR count). The predicted molar refractivity (Wildman–Crippen MR) is 76.1 cm³/mol. The maximum absolute atomic E-state index is 12.9. The van der Waals surface area contributed by atoms with E-state index < -0.39 is 11.7 Å². The van der Waals surface area contributed by atoms with Gasteiger partial charge in [-0.05, 0) is 42.3 Å². The van der Waals surface area contributed by atoms with E-state index in [1.807, 2.05) is 12.1 Å². The lowest BCUT2D eigenvalue weighted by Gasteiger charge is -2.37. The maximum atomic E-state index is 12.9. The fourth-order valence-electron chi connectivity index (χ4n) is 3.10. The molecule has 2 unspecified atom stereocenters. The molecule has 2 aromatic rings. The fraction of sp³-hybridized carbons (Fsp3) is 0.294. The monoisotopic (exact) mass is 291 g/mol. The molecule has 0 aromatic heterocycles. The Morgan fingerprint density at radius 3 is 2.52 bits per heavy atom. The zero-order chi connectivity index (χ0) is 15.0. The molecule has 0 aliphatic heterocycles. The van der Waals surface area contributed by atoms with Gasteiger partial charge >= 0.3 is 6.18 Å². The summed E-state index contributed by atoms with van der Waals surface area (Å²) in [7, 11) is 1.80. The van der Waals surface area contributed by atoms with Crippen LogP contribution in [0.1, 0.15) is 34.2 Å². The Morgan fingerprint density at radius 2 is 1.86 bits per heavy atom. The molecule has 2 aromatic carbocycles. The molecule has 0 radical (unpaired) electrons. The summed E-state index contributed by atoms with van der Waals surface area (Å²) >= 11 is 0. The number of hydrogen-bond donors (Lipinski definition) is 1. The van der Waals surface area contributed by atoms with Gasteiger partial charge in [0, 0.05) is 12.0 Å². The Balaban J connectivity index is 1.92. The van der Waals surface area contributed by atoms with Crippen molar-refractivity contribution in [2.75, 3.05) is 7.05 Å². The molecule has 1 aliphatic carbocycles. The normalized spacial score (nSPS) is 18.8. The Hall–Kier alpha value is -1.81. The molecular formula is C17H16F3N. The summed E-state index contributed by atoms with van der Waals surface area (Å²) in [5, 5.41) is 3.17. The van der Waals surface area contributed by atoms with E-state index in [-0.39, 0.29) is 12.0 Å². The third-order valence-corrected chi connectivity index (χ3v) is 4.18. The fourth-order valence-corrected chi connectivity index (χ4v) is 3.10. The molecule has 4 heteroatoms. The molecule has 0 heterocycles. The van der Waals surface area contributed by atoms with E-state index in [1.165, 1.54) is 23.3 Å². The molecule has 0 amide bonds. The van der Waals surface area contributed by atoms with E-state index >= 15 is 0 Å². The molecule has 1 nitrogen and oxygen atoms in total. The van der Waals surface area contributed by atoms with Crippen molar-refractivity contribution >= 4 is 0 Å². The number of hydrogen-bond acceptors (Lipinski definition) is 1. The molecule has 0 fully saturated rings. The van der Waals surface area contributed by atoms with Crippen LogP contribution in [0.2, 0.25) is 0 Å². The first-order chi connectivity index (χ1) is 10.0. The summed E-state index contributed by atoms with van der Waals surface area (Å²) in [5.74, 6) is 0.231. The number of likely N-dealkylation sites (N-methyl/N-ethyl adjacent to an activating group) is 1. The zero-order valence-electron chi connectivity index (χ0n) is 11.6. The highest BCUT2D eigenvalue weighted by molar-refractivity contribution is 5.43. The standard InChI is InChI=1S/C17H16F3N/c1-21-16(15-10-11-5-2-3-8-14(11)15)12-6-4-7-13(9-12)17(18,19)20/h2-9,15-16,21H,10H2,1H3. The Bertz CT molecular complexity index is 648. The van der Waals surface area contributed by atoms with Gasteiger partial charge in [-0.15, -0.1) is 0 Å². The van der Waals surface area contributed by atoms with Gasteiger partial charge in [0.25, 0.3) is 0 Å². The van der Waals surface area contributed by atoms with Crippen LogP contribution < -0.4 is 5.32 Å². The van der Waals surface area contributed by atoms with Crippen molar-refractivity contribution in [1.82, 2.24) is 5.32 Å². The van der Waals surface area contributed by atoms with Gasteiger partial charge in [-0.2, -0.15) is 13.2 Å². The van der Waals surface area contributed by atoms with Crippen molar-refractivity contribution in [1.29, 1.82) is 0 Å². The van der Waals surface area contributed by atoms with E-state index in [4.69, 9.17) is 0 Å². The van der Waals surface area contributed by atoms with Crippen LogP contribution in [0.15, 0.2) is 48.5 Å². The summed E-state index contributed by atoms with van der Waals surface area (Å²) in [6, 6.07) is 13.6. The van der Waals surface area contributed by atoms with Gasteiger partial charge in [0.15, 0.2) is 0 Å². The van der Waals surface area contributed by atoms with E-state index in [1.54, 1.807) is 13.1 Å². The van der Waals surface area contributed by atoms with Crippen LogP contribution >= 0.6 is 0 Å². The molecule has 21 heavy (non-hydrogen) atoms. The van der Waals surface area contributed by atoms with Gasteiger partial charge < -0.3 is 5.32 Å². The van der Waals surface area contributed by atoms with Crippen LogP contribution in [-0.2, 0) is 12.6 Å². The van der Waals surface area contributed by atoms with Gasteiger partial charge in [-0.3, -0.25) is 0 Å². The minimum absolute atomic E-state index is 0.0952. The van der Waals surface area contributed by atoms with Crippen molar-refractivity contribution < 1.29 is 13.2 Å². The topological polar surface area (TPSA) is 12.0 Å². The molecular weight excluding hydrogens is 275 g/mol. The molecule has 1 aliphatic rings. The molecule has 0 saturated carbocycles. The largest absolute Gasteiger partial charge is 0.416 e. The summed E-state index contributed by atoms with van der Waals surface area (Å²) < 4.78 is 38.6. The number of benzene rings is 2. The molecule has 2 atom stereocenters. The number of alkyl halides is 3. The van der Waals surface area contributed by atoms with Gasteiger partial charge in [0.05, 0.1) is 5.56 Å². The van der Waals surface area contributed by atoms with Crippen LogP contribution in [0.4, 0.5) is 13.2 Å². The maximum Gasteiger partial charge on any atom is 0.416 e. The summed E-state index contributed by atoms with van der Waals surface area (Å²) in [6.07, 6.45) is -3.40. The second kappa shape index (κ2) is 5.19. The van der Waals surface area contributed by atoms with Gasteiger partial charge in [-0.25, -0.2) is 0 Å². The van der Waals surface area contributed by atoms with Crippen LogP contribution in [-0.4, -0.2) is 7.05 Å². The molecule has 110 valence electrons. The van der Waals surface area contributed by atoms with E-state index in [2.05, 4.69) is 17.4 Å². The van der Waals surface area contributed by atoms with Gasteiger partial charge in [0.2, 0.25) is 0 Å². The third kappa shape index (κ3) is 2.56. The average molecular weight is 291 g/mol. The first-order valence-electron chi connectivity index (χ1n) is 6.93. The smallest absolute Gasteiger partial charge is 0.312 e. The Kier molecular flexibility index (Phi) is 3.49. The SMILES string of the molecule is CNC(c1cccc(C(F)(F)F)c1)C1Cc2ccccc21. The molecule has 1 N–H and O–H groups in total. The highest BCUT2D eigenvalue weighted by Crippen LogP contribution is 2.44. The average Bonchev–Trinajstić information content (AvgIpc) is 2.44.